The minimum atomic E-state index is 0.564. The maximum atomic E-state index is 5.70. The van der Waals surface area contributed by atoms with E-state index in [-0.39, 0.29) is 0 Å². The van der Waals surface area contributed by atoms with Crippen LogP contribution >= 0.6 is 15.9 Å². The normalized spacial score (nSPS) is 18.8. The lowest BCUT2D eigenvalue weighted by Crippen LogP contribution is -2.22. The van der Waals surface area contributed by atoms with Gasteiger partial charge in [-0.15, -0.1) is 0 Å². The number of benzene rings is 1. The van der Waals surface area contributed by atoms with Crippen molar-refractivity contribution < 1.29 is 4.74 Å². The molecule has 1 aromatic heterocycles. The van der Waals surface area contributed by atoms with E-state index in [1.807, 2.05) is 0 Å². The van der Waals surface area contributed by atoms with Crippen LogP contribution < -0.4 is 4.74 Å². The van der Waals surface area contributed by atoms with Gasteiger partial charge in [0.25, 0.3) is 0 Å². The van der Waals surface area contributed by atoms with Crippen LogP contribution in [0.1, 0.15) is 12.0 Å². The molecule has 1 aliphatic heterocycles. The van der Waals surface area contributed by atoms with Gasteiger partial charge in [0.15, 0.2) is 0 Å². The first-order chi connectivity index (χ1) is 10.3. The highest BCUT2D eigenvalue weighted by atomic mass is 79.9. The van der Waals surface area contributed by atoms with E-state index >= 15 is 0 Å². The van der Waals surface area contributed by atoms with Crippen LogP contribution in [0.3, 0.4) is 0 Å². The molecule has 1 unspecified atom stereocenters. The van der Waals surface area contributed by atoms with Crippen molar-refractivity contribution in [2.45, 2.75) is 13.0 Å². The molecule has 2 aromatic rings. The van der Waals surface area contributed by atoms with Gasteiger partial charge in [0.1, 0.15) is 0 Å². The number of ether oxygens (including phenoxy) is 1. The van der Waals surface area contributed by atoms with Gasteiger partial charge in [0, 0.05) is 35.9 Å². The summed E-state index contributed by atoms with van der Waals surface area (Å²) in [5.41, 5.74) is 1.34. The fourth-order valence-electron chi connectivity index (χ4n) is 2.62. The van der Waals surface area contributed by atoms with Gasteiger partial charge in [0.2, 0.25) is 5.88 Å². The molecule has 21 heavy (non-hydrogen) atoms. The van der Waals surface area contributed by atoms with Gasteiger partial charge in [0.05, 0.1) is 12.8 Å². The molecule has 1 atom stereocenters. The van der Waals surface area contributed by atoms with Crippen LogP contribution in [0.25, 0.3) is 0 Å². The summed E-state index contributed by atoms with van der Waals surface area (Å²) in [6.07, 6.45) is 6.14. The van der Waals surface area contributed by atoms with E-state index in [9.17, 15) is 0 Å². The van der Waals surface area contributed by atoms with Crippen molar-refractivity contribution >= 4 is 15.9 Å². The highest BCUT2D eigenvalue weighted by Gasteiger charge is 2.23. The SMILES string of the molecule is Brc1ccccc1CN1CCC(COc2cnccn2)C1. The second-order valence-corrected chi connectivity index (χ2v) is 6.19. The first-order valence-corrected chi connectivity index (χ1v) is 7.95. The standard InChI is InChI=1S/C16H18BrN3O/c17-15-4-2-1-3-14(15)11-20-8-5-13(10-20)12-21-16-9-18-6-7-19-16/h1-4,6-7,9,13H,5,8,10-12H2. The lowest BCUT2D eigenvalue weighted by molar-refractivity contribution is 0.231. The summed E-state index contributed by atoms with van der Waals surface area (Å²) in [5.74, 6) is 1.18. The monoisotopic (exact) mass is 347 g/mol. The smallest absolute Gasteiger partial charge is 0.232 e. The van der Waals surface area contributed by atoms with Crippen LogP contribution in [0.4, 0.5) is 0 Å². The zero-order valence-electron chi connectivity index (χ0n) is 11.8. The predicted octanol–water partition coefficient (Wildman–Crippen LogP) is 3.14. The highest BCUT2D eigenvalue weighted by Crippen LogP contribution is 2.23. The number of hydrogen-bond donors (Lipinski definition) is 0. The van der Waals surface area contributed by atoms with Crippen molar-refractivity contribution in [2.75, 3.05) is 19.7 Å². The average Bonchev–Trinajstić information content (AvgIpc) is 2.96. The number of hydrogen-bond acceptors (Lipinski definition) is 4. The Balaban J connectivity index is 1.48. The number of aromatic nitrogens is 2. The fraction of sp³-hybridized carbons (Fsp3) is 0.375. The van der Waals surface area contributed by atoms with Gasteiger partial charge in [-0.2, -0.15) is 0 Å². The molecule has 0 radical (unpaired) electrons. The molecule has 0 saturated carbocycles. The molecule has 0 aliphatic carbocycles. The van der Waals surface area contributed by atoms with E-state index in [0.717, 1.165) is 19.6 Å². The van der Waals surface area contributed by atoms with Crippen LogP contribution in [-0.2, 0) is 6.54 Å². The Labute approximate surface area is 133 Å². The second-order valence-electron chi connectivity index (χ2n) is 5.34. The molecule has 4 nitrogen and oxygen atoms in total. The Kier molecular flexibility index (Phi) is 4.83. The van der Waals surface area contributed by atoms with E-state index < -0.39 is 0 Å². The van der Waals surface area contributed by atoms with E-state index in [4.69, 9.17) is 4.74 Å². The Morgan fingerprint density at radius 2 is 2.19 bits per heavy atom. The van der Waals surface area contributed by atoms with Gasteiger partial charge in [-0.3, -0.25) is 9.88 Å². The molecule has 0 bridgehead atoms. The van der Waals surface area contributed by atoms with Crippen molar-refractivity contribution in [1.82, 2.24) is 14.9 Å². The van der Waals surface area contributed by atoms with E-state index in [1.54, 1.807) is 18.6 Å². The third-order valence-electron chi connectivity index (χ3n) is 3.73. The molecule has 0 spiro atoms. The van der Waals surface area contributed by atoms with Crippen LogP contribution in [0.2, 0.25) is 0 Å². The van der Waals surface area contributed by atoms with Crippen LogP contribution in [0, 0.1) is 5.92 Å². The van der Waals surface area contributed by atoms with Crippen molar-refractivity contribution in [3.8, 4) is 5.88 Å². The highest BCUT2D eigenvalue weighted by molar-refractivity contribution is 9.10. The molecule has 3 rings (SSSR count). The second kappa shape index (κ2) is 7.00. The number of likely N-dealkylation sites (tertiary alicyclic amines) is 1. The zero-order valence-corrected chi connectivity index (χ0v) is 13.4. The minimum Gasteiger partial charge on any atom is -0.476 e. The van der Waals surface area contributed by atoms with Gasteiger partial charge >= 0.3 is 0 Å². The molecule has 1 aliphatic rings. The molecule has 0 N–H and O–H groups in total. The van der Waals surface area contributed by atoms with Gasteiger partial charge in [-0.1, -0.05) is 34.1 Å². The number of nitrogens with zero attached hydrogens (tertiary/aromatic N) is 3. The molecular formula is C16H18BrN3O. The summed E-state index contributed by atoms with van der Waals surface area (Å²) in [5, 5.41) is 0. The molecule has 1 fully saturated rings. The van der Waals surface area contributed by atoms with Crippen LogP contribution in [-0.4, -0.2) is 34.6 Å². The molecule has 0 amide bonds. The number of rotatable bonds is 5. The minimum absolute atomic E-state index is 0.564. The Bertz CT molecular complexity index is 579. The third kappa shape index (κ3) is 4.02. The molecular weight excluding hydrogens is 330 g/mol. The lowest BCUT2D eigenvalue weighted by Gasteiger charge is -2.17. The summed E-state index contributed by atoms with van der Waals surface area (Å²) < 4.78 is 6.89. The summed E-state index contributed by atoms with van der Waals surface area (Å²) in [7, 11) is 0. The molecule has 1 saturated heterocycles. The zero-order chi connectivity index (χ0) is 14.5. The Hall–Kier alpha value is -1.46. The van der Waals surface area contributed by atoms with Crippen LogP contribution in [0.5, 0.6) is 5.88 Å². The fourth-order valence-corrected chi connectivity index (χ4v) is 3.03. The molecule has 1 aromatic carbocycles. The molecule has 110 valence electrons. The van der Waals surface area contributed by atoms with Gasteiger partial charge < -0.3 is 4.74 Å². The maximum Gasteiger partial charge on any atom is 0.232 e. The lowest BCUT2D eigenvalue weighted by atomic mass is 10.1. The van der Waals surface area contributed by atoms with Gasteiger partial charge in [-0.25, -0.2) is 4.98 Å². The van der Waals surface area contributed by atoms with Crippen molar-refractivity contribution in [1.29, 1.82) is 0 Å². The first kappa shape index (κ1) is 14.5. The van der Waals surface area contributed by atoms with Crippen molar-refractivity contribution in [3.63, 3.8) is 0 Å². The van der Waals surface area contributed by atoms with Crippen LogP contribution in [0.15, 0.2) is 47.3 Å². The summed E-state index contributed by atoms with van der Waals surface area (Å²) in [4.78, 5) is 10.6. The summed E-state index contributed by atoms with van der Waals surface area (Å²) in [6.45, 7) is 3.89. The summed E-state index contributed by atoms with van der Waals surface area (Å²) >= 11 is 3.61. The maximum absolute atomic E-state index is 5.70. The Morgan fingerprint density at radius 3 is 3.00 bits per heavy atom. The van der Waals surface area contributed by atoms with E-state index in [0.29, 0.717) is 18.4 Å². The van der Waals surface area contributed by atoms with Gasteiger partial charge in [-0.05, 0) is 24.6 Å². The largest absolute Gasteiger partial charge is 0.476 e. The average molecular weight is 348 g/mol. The predicted molar refractivity (Wildman–Crippen MR) is 85.1 cm³/mol. The van der Waals surface area contributed by atoms with E-state index in [2.05, 4.69) is 55.1 Å². The van der Waals surface area contributed by atoms with Crippen molar-refractivity contribution in [3.05, 3.63) is 52.9 Å². The topological polar surface area (TPSA) is 38.2 Å². The quantitative estimate of drug-likeness (QED) is 0.832. The van der Waals surface area contributed by atoms with Crippen molar-refractivity contribution in [2.24, 2.45) is 5.92 Å². The summed E-state index contributed by atoms with van der Waals surface area (Å²) in [6, 6.07) is 8.41. The van der Waals surface area contributed by atoms with E-state index in [1.165, 1.54) is 16.5 Å². The third-order valence-corrected chi connectivity index (χ3v) is 4.50. The Morgan fingerprint density at radius 1 is 1.29 bits per heavy atom. The molecule has 2 heterocycles. The molecule has 5 heteroatoms. The number of halogens is 1. The first-order valence-electron chi connectivity index (χ1n) is 7.16.